The lowest BCUT2D eigenvalue weighted by molar-refractivity contribution is 0.830. The molecular formula is C12H15N5. The lowest BCUT2D eigenvalue weighted by atomic mass is 10.2. The molecule has 0 aliphatic heterocycles. The van der Waals surface area contributed by atoms with E-state index in [1.54, 1.807) is 19.4 Å². The minimum Gasteiger partial charge on any atom is -0.362 e. The van der Waals surface area contributed by atoms with Crippen molar-refractivity contribution < 1.29 is 0 Å². The Bertz CT molecular complexity index is 471. The molecule has 2 aromatic rings. The number of hydrogen-bond acceptors (Lipinski definition) is 5. The summed E-state index contributed by atoms with van der Waals surface area (Å²) >= 11 is 0. The number of nitrogens with one attached hydrogen (secondary N) is 2. The van der Waals surface area contributed by atoms with E-state index in [1.165, 1.54) is 0 Å². The normalized spacial score (nSPS) is 11.9. The van der Waals surface area contributed by atoms with E-state index in [2.05, 4.69) is 25.6 Å². The Morgan fingerprint density at radius 2 is 2.00 bits per heavy atom. The van der Waals surface area contributed by atoms with Crippen LogP contribution < -0.4 is 10.6 Å². The van der Waals surface area contributed by atoms with Gasteiger partial charge in [0.05, 0.1) is 11.7 Å². The predicted molar refractivity (Wildman–Crippen MR) is 67.9 cm³/mol. The van der Waals surface area contributed by atoms with Crippen LogP contribution in [-0.4, -0.2) is 22.0 Å². The van der Waals surface area contributed by atoms with E-state index in [9.17, 15) is 0 Å². The third kappa shape index (κ3) is 2.90. The van der Waals surface area contributed by atoms with Gasteiger partial charge in [-0.3, -0.25) is 4.98 Å². The molecule has 1 unspecified atom stereocenters. The van der Waals surface area contributed by atoms with Gasteiger partial charge in [-0.1, -0.05) is 6.07 Å². The second-order valence-electron chi connectivity index (χ2n) is 3.64. The summed E-state index contributed by atoms with van der Waals surface area (Å²) in [4.78, 5) is 12.7. The van der Waals surface area contributed by atoms with Gasteiger partial charge in [-0.25, -0.2) is 4.98 Å². The molecule has 0 aliphatic rings. The van der Waals surface area contributed by atoms with E-state index in [1.807, 2.05) is 31.2 Å². The molecule has 5 heteroatoms. The maximum Gasteiger partial charge on any atom is 0.224 e. The van der Waals surface area contributed by atoms with Crippen LogP contribution in [-0.2, 0) is 0 Å². The van der Waals surface area contributed by atoms with Gasteiger partial charge in [0.2, 0.25) is 5.95 Å². The summed E-state index contributed by atoms with van der Waals surface area (Å²) in [5.41, 5.74) is 0.983. The second kappa shape index (κ2) is 5.25. The van der Waals surface area contributed by atoms with Gasteiger partial charge < -0.3 is 10.6 Å². The summed E-state index contributed by atoms with van der Waals surface area (Å²) in [7, 11) is 1.79. The molecule has 88 valence electrons. The predicted octanol–water partition coefficient (Wildman–Crippen LogP) is 2.09. The lowest BCUT2D eigenvalue weighted by Crippen LogP contribution is -2.10. The zero-order chi connectivity index (χ0) is 12.1. The first kappa shape index (κ1) is 11.3. The van der Waals surface area contributed by atoms with Gasteiger partial charge in [0.25, 0.3) is 0 Å². The summed E-state index contributed by atoms with van der Waals surface area (Å²) in [5, 5.41) is 6.18. The molecular weight excluding hydrogens is 214 g/mol. The first-order valence-corrected chi connectivity index (χ1v) is 5.48. The zero-order valence-corrected chi connectivity index (χ0v) is 9.88. The van der Waals surface area contributed by atoms with Crippen molar-refractivity contribution in [1.29, 1.82) is 0 Å². The first-order chi connectivity index (χ1) is 8.29. The molecule has 2 aromatic heterocycles. The monoisotopic (exact) mass is 229 g/mol. The molecule has 0 saturated carbocycles. The van der Waals surface area contributed by atoms with Crippen LogP contribution in [0.1, 0.15) is 18.7 Å². The maximum absolute atomic E-state index is 4.30. The van der Waals surface area contributed by atoms with Crippen molar-refractivity contribution >= 4 is 11.8 Å². The van der Waals surface area contributed by atoms with Gasteiger partial charge in [-0.2, -0.15) is 4.98 Å². The van der Waals surface area contributed by atoms with Gasteiger partial charge in [-0.05, 0) is 25.1 Å². The number of anilines is 2. The molecule has 0 aliphatic carbocycles. The third-order valence-electron chi connectivity index (χ3n) is 2.37. The van der Waals surface area contributed by atoms with Gasteiger partial charge in [0.1, 0.15) is 5.82 Å². The number of pyridine rings is 1. The molecule has 0 spiro atoms. The summed E-state index contributed by atoms with van der Waals surface area (Å²) in [6.07, 6.45) is 3.50. The highest BCUT2D eigenvalue weighted by molar-refractivity contribution is 5.40. The van der Waals surface area contributed by atoms with Crippen LogP contribution in [0.15, 0.2) is 36.7 Å². The molecule has 0 amide bonds. The van der Waals surface area contributed by atoms with Crippen molar-refractivity contribution in [3.63, 3.8) is 0 Å². The van der Waals surface area contributed by atoms with Crippen molar-refractivity contribution in [2.24, 2.45) is 0 Å². The molecule has 0 radical (unpaired) electrons. The molecule has 1 atom stereocenters. The topological polar surface area (TPSA) is 62.7 Å². The van der Waals surface area contributed by atoms with Crippen molar-refractivity contribution in [3.8, 4) is 0 Å². The van der Waals surface area contributed by atoms with Crippen LogP contribution in [0.4, 0.5) is 11.8 Å². The Hall–Kier alpha value is -2.17. The van der Waals surface area contributed by atoms with Crippen molar-refractivity contribution in [1.82, 2.24) is 15.0 Å². The van der Waals surface area contributed by atoms with E-state index in [0.29, 0.717) is 5.95 Å². The largest absolute Gasteiger partial charge is 0.362 e. The van der Waals surface area contributed by atoms with Crippen molar-refractivity contribution in [2.45, 2.75) is 13.0 Å². The molecule has 0 fully saturated rings. The van der Waals surface area contributed by atoms with Crippen LogP contribution in [0.25, 0.3) is 0 Å². The molecule has 2 rings (SSSR count). The Labute approximate surface area is 100 Å². The fourth-order valence-corrected chi connectivity index (χ4v) is 1.49. The van der Waals surface area contributed by atoms with Crippen molar-refractivity contribution in [2.75, 3.05) is 17.7 Å². The number of hydrogen-bond donors (Lipinski definition) is 2. The van der Waals surface area contributed by atoms with E-state index in [4.69, 9.17) is 0 Å². The zero-order valence-electron chi connectivity index (χ0n) is 9.88. The van der Waals surface area contributed by atoms with E-state index < -0.39 is 0 Å². The van der Waals surface area contributed by atoms with E-state index >= 15 is 0 Å². The Kier molecular flexibility index (Phi) is 3.49. The van der Waals surface area contributed by atoms with Crippen LogP contribution >= 0.6 is 0 Å². The molecule has 2 N–H and O–H groups in total. The molecule has 0 bridgehead atoms. The summed E-state index contributed by atoms with van der Waals surface area (Å²) in [5.74, 6) is 1.38. The summed E-state index contributed by atoms with van der Waals surface area (Å²) in [6, 6.07) is 7.80. The Balaban J connectivity index is 2.10. The molecule has 0 aromatic carbocycles. The number of nitrogens with zero attached hydrogens (tertiary/aromatic N) is 3. The van der Waals surface area contributed by atoms with Crippen LogP contribution in [0.2, 0.25) is 0 Å². The average Bonchev–Trinajstić information content (AvgIpc) is 2.40. The summed E-state index contributed by atoms with van der Waals surface area (Å²) in [6.45, 7) is 2.05. The molecule has 0 saturated heterocycles. The van der Waals surface area contributed by atoms with Crippen LogP contribution in [0.3, 0.4) is 0 Å². The minimum absolute atomic E-state index is 0.107. The number of aromatic nitrogens is 3. The second-order valence-corrected chi connectivity index (χ2v) is 3.64. The van der Waals surface area contributed by atoms with Gasteiger partial charge >= 0.3 is 0 Å². The van der Waals surface area contributed by atoms with Gasteiger partial charge in [0, 0.05) is 19.4 Å². The fourth-order valence-electron chi connectivity index (χ4n) is 1.49. The smallest absolute Gasteiger partial charge is 0.224 e. The third-order valence-corrected chi connectivity index (χ3v) is 2.37. The maximum atomic E-state index is 4.30. The molecule has 5 nitrogen and oxygen atoms in total. The lowest BCUT2D eigenvalue weighted by Gasteiger charge is -2.13. The minimum atomic E-state index is 0.107. The highest BCUT2D eigenvalue weighted by Gasteiger charge is 2.06. The quantitative estimate of drug-likeness (QED) is 0.840. The Morgan fingerprint density at radius 1 is 1.12 bits per heavy atom. The fraction of sp³-hybridized carbons (Fsp3) is 0.250. The van der Waals surface area contributed by atoms with Crippen LogP contribution in [0, 0.1) is 0 Å². The average molecular weight is 229 g/mol. The first-order valence-electron chi connectivity index (χ1n) is 5.48. The van der Waals surface area contributed by atoms with Crippen LogP contribution in [0.5, 0.6) is 0 Å². The summed E-state index contributed by atoms with van der Waals surface area (Å²) < 4.78 is 0. The van der Waals surface area contributed by atoms with Gasteiger partial charge in [0.15, 0.2) is 0 Å². The van der Waals surface area contributed by atoms with E-state index in [0.717, 1.165) is 11.5 Å². The highest BCUT2D eigenvalue weighted by Crippen LogP contribution is 2.15. The van der Waals surface area contributed by atoms with Crippen molar-refractivity contribution in [3.05, 3.63) is 42.4 Å². The van der Waals surface area contributed by atoms with Gasteiger partial charge in [-0.15, -0.1) is 0 Å². The molecule has 2 heterocycles. The Morgan fingerprint density at radius 3 is 2.71 bits per heavy atom. The highest BCUT2D eigenvalue weighted by atomic mass is 15.1. The standard InChI is InChI=1S/C12H15N5/c1-9(10-5-3-4-7-14-10)16-11-6-8-15-12(13-2)17-11/h3-9H,1-2H3,(H2,13,15,16,17). The van der Waals surface area contributed by atoms with E-state index in [-0.39, 0.29) is 6.04 Å². The molecule has 17 heavy (non-hydrogen) atoms. The SMILES string of the molecule is CNc1nccc(NC(C)c2ccccn2)n1. The number of rotatable bonds is 4.